The first-order valence-corrected chi connectivity index (χ1v) is 10.9. The molecule has 0 spiro atoms. The van der Waals surface area contributed by atoms with Crippen molar-refractivity contribution in [3.8, 4) is 0 Å². The van der Waals surface area contributed by atoms with Crippen molar-refractivity contribution in [3.05, 3.63) is 45.7 Å². The Hall–Kier alpha value is -2.78. The van der Waals surface area contributed by atoms with Crippen LogP contribution >= 0.6 is 23.2 Å². The van der Waals surface area contributed by atoms with E-state index in [0.717, 1.165) is 12.8 Å². The van der Waals surface area contributed by atoms with Crippen molar-refractivity contribution in [1.82, 2.24) is 20.4 Å². The molecule has 1 atom stereocenters. The van der Waals surface area contributed by atoms with Crippen LogP contribution in [0, 0.1) is 0 Å². The predicted molar refractivity (Wildman–Crippen MR) is 121 cm³/mol. The normalized spacial score (nSPS) is 16.4. The molecule has 9 nitrogen and oxygen atoms in total. The van der Waals surface area contributed by atoms with Crippen LogP contribution in [0.3, 0.4) is 0 Å². The lowest BCUT2D eigenvalue weighted by Crippen LogP contribution is -2.54. The zero-order chi connectivity index (χ0) is 23.5. The topological polar surface area (TPSA) is 116 Å². The predicted octanol–water partition coefficient (Wildman–Crippen LogP) is 4.45. The zero-order valence-corrected chi connectivity index (χ0v) is 19.5. The summed E-state index contributed by atoms with van der Waals surface area (Å²) in [7, 11) is 0. The Morgan fingerprint density at radius 3 is 2.50 bits per heavy atom. The zero-order valence-electron chi connectivity index (χ0n) is 18.0. The Morgan fingerprint density at radius 1 is 1.16 bits per heavy atom. The van der Waals surface area contributed by atoms with Crippen molar-refractivity contribution in [2.45, 2.75) is 51.8 Å². The van der Waals surface area contributed by atoms with Crippen LogP contribution in [0.2, 0.25) is 10.0 Å². The number of hydrogen-bond acceptors (Lipinski definition) is 5. The number of nitrogens with one attached hydrogen (secondary N) is 3. The minimum atomic E-state index is -0.649. The maximum absolute atomic E-state index is 12.9. The number of benzene rings is 1. The summed E-state index contributed by atoms with van der Waals surface area (Å²) in [6.45, 7) is 5.82. The van der Waals surface area contributed by atoms with Crippen LogP contribution in [0.4, 0.5) is 10.5 Å². The molecule has 0 aliphatic carbocycles. The molecule has 1 aliphatic heterocycles. The molecule has 0 bridgehead atoms. The first kappa shape index (κ1) is 23.9. The maximum Gasteiger partial charge on any atom is 0.411 e. The number of nitrogens with zero attached hydrogens (tertiary/aromatic N) is 2. The van der Waals surface area contributed by atoms with Crippen molar-refractivity contribution in [3.63, 3.8) is 0 Å². The molecule has 1 aliphatic rings. The SMILES string of the molecule is CC(C)(C)OC(=O)N1CCCCC1NC(=O)c1[nH]ncc1NC(=O)c1c(Cl)cccc1Cl. The molecule has 1 saturated heterocycles. The maximum atomic E-state index is 12.9. The van der Waals surface area contributed by atoms with E-state index >= 15 is 0 Å². The average molecular weight is 482 g/mol. The second-order valence-electron chi connectivity index (χ2n) is 8.37. The highest BCUT2D eigenvalue weighted by atomic mass is 35.5. The number of hydrogen-bond donors (Lipinski definition) is 3. The molecule has 1 fully saturated rings. The van der Waals surface area contributed by atoms with Gasteiger partial charge < -0.3 is 15.4 Å². The number of H-pyrrole nitrogens is 1. The van der Waals surface area contributed by atoms with Crippen molar-refractivity contribution in [2.24, 2.45) is 0 Å². The summed E-state index contributed by atoms with van der Waals surface area (Å²) in [5.74, 6) is -1.10. The lowest BCUT2D eigenvalue weighted by molar-refractivity contribution is 0.00599. The number of carbonyl (C=O) groups excluding carboxylic acids is 3. The Labute approximate surface area is 195 Å². The highest BCUT2D eigenvalue weighted by Crippen LogP contribution is 2.26. The minimum absolute atomic E-state index is 0.0382. The second-order valence-corrected chi connectivity index (χ2v) is 9.18. The third kappa shape index (κ3) is 5.72. The number of amides is 3. The van der Waals surface area contributed by atoms with E-state index in [1.807, 2.05) is 0 Å². The lowest BCUT2D eigenvalue weighted by Gasteiger charge is -2.36. The third-order valence-corrected chi connectivity index (χ3v) is 5.36. The van der Waals surface area contributed by atoms with Crippen molar-refractivity contribution >= 4 is 46.8 Å². The summed E-state index contributed by atoms with van der Waals surface area (Å²) in [5.41, 5.74) is -0.365. The number of halogens is 2. The smallest absolute Gasteiger partial charge is 0.411 e. The highest BCUT2D eigenvalue weighted by molar-refractivity contribution is 6.40. The molecular weight excluding hydrogens is 457 g/mol. The van der Waals surface area contributed by atoms with Crippen LogP contribution in [-0.2, 0) is 4.74 Å². The van der Waals surface area contributed by atoms with Gasteiger partial charge in [-0.3, -0.25) is 19.6 Å². The summed E-state index contributed by atoms with van der Waals surface area (Å²) in [5, 5.41) is 12.2. The van der Waals surface area contributed by atoms with E-state index in [4.69, 9.17) is 27.9 Å². The van der Waals surface area contributed by atoms with Gasteiger partial charge in [-0.25, -0.2) is 4.79 Å². The molecule has 172 valence electrons. The average Bonchev–Trinajstić information content (AvgIpc) is 3.15. The summed E-state index contributed by atoms with van der Waals surface area (Å²) >= 11 is 12.2. The number of piperidine rings is 1. The van der Waals surface area contributed by atoms with Crippen LogP contribution in [-0.4, -0.2) is 51.3 Å². The Bertz CT molecular complexity index is 998. The Kier molecular flexibility index (Phi) is 7.30. The van der Waals surface area contributed by atoms with Crippen LogP contribution in [0.15, 0.2) is 24.4 Å². The molecule has 1 unspecified atom stereocenters. The first-order valence-electron chi connectivity index (χ1n) is 10.2. The minimum Gasteiger partial charge on any atom is -0.444 e. The summed E-state index contributed by atoms with van der Waals surface area (Å²) in [6.07, 6.45) is 2.52. The molecule has 1 aromatic carbocycles. The van der Waals surface area contributed by atoms with Crippen LogP contribution in [0.25, 0.3) is 0 Å². The summed E-state index contributed by atoms with van der Waals surface area (Å²) < 4.78 is 5.46. The molecule has 3 rings (SSSR count). The number of aromatic nitrogens is 2. The van der Waals surface area contributed by atoms with Gasteiger partial charge in [0.1, 0.15) is 17.5 Å². The number of ether oxygens (including phenoxy) is 1. The highest BCUT2D eigenvalue weighted by Gasteiger charge is 2.32. The second kappa shape index (κ2) is 9.79. The quantitative estimate of drug-likeness (QED) is 0.596. The Morgan fingerprint density at radius 2 is 1.84 bits per heavy atom. The van der Waals surface area contributed by atoms with Gasteiger partial charge in [0.25, 0.3) is 11.8 Å². The van der Waals surface area contributed by atoms with Gasteiger partial charge in [-0.1, -0.05) is 29.3 Å². The fraction of sp³-hybridized carbons (Fsp3) is 0.429. The van der Waals surface area contributed by atoms with Crippen LogP contribution in [0.5, 0.6) is 0 Å². The lowest BCUT2D eigenvalue weighted by atomic mass is 10.1. The van der Waals surface area contributed by atoms with E-state index in [1.54, 1.807) is 39.0 Å². The van der Waals surface area contributed by atoms with Crippen molar-refractivity contribution in [1.29, 1.82) is 0 Å². The number of anilines is 1. The van der Waals surface area contributed by atoms with Crippen molar-refractivity contribution in [2.75, 3.05) is 11.9 Å². The van der Waals surface area contributed by atoms with E-state index in [1.165, 1.54) is 11.1 Å². The number of rotatable bonds is 4. The van der Waals surface area contributed by atoms with Crippen LogP contribution < -0.4 is 10.6 Å². The molecule has 3 N–H and O–H groups in total. The van der Waals surface area contributed by atoms with Gasteiger partial charge in [-0.05, 0) is 52.2 Å². The molecule has 0 radical (unpaired) electrons. The van der Waals surface area contributed by atoms with Crippen LogP contribution in [0.1, 0.15) is 60.9 Å². The molecule has 1 aromatic heterocycles. The molecular formula is C21H25Cl2N5O4. The molecule has 32 heavy (non-hydrogen) atoms. The van der Waals surface area contributed by atoms with E-state index in [0.29, 0.717) is 13.0 Å². The summed E-state index contributed by atoms with van der Waals surface area (Å²) in [4.78, 5) is 39.7. The fourth-order valence-corrected chi connectivity index (χ4v) is 3.87. The van der Waals surface area contributed by atoms with E-state index in [-0.39, 0.29) is 27.0 Å². The van der Waals surface area contributed by atoms with Crippen molar-refractivity contribution < 1.29 is 19.1 Å². The largest absolute Gasteiger partial charge is 0.444 e. The molecule has 3 amide bonds. The molecule has 2 aromatic rings. The molecule has 0 saturated carbocycles. The van der Waals surface area contributed by atoms with Gasteiger partial charge >= 0.3 is 6.09 Å². The van der Waals surface area contributed by atoms with E-state index < -0.39 is 29.7 Å². The molecule has 11 heteroatoms. The van der Waals surface area contributed by atoms with Gasteiger partial charge in [-0.15, -0.1) is 0 Å². The molecule has 2 heterocycles. The summed E-state index contributed by atoms with van der Waals surface area (Å²) in [6, 6.07) is 4.71. The first-order chi connectivity index (χ1) is 15.1. The van der Waals surface area contributed by atoms with E-state index in [9.17, 15) is 14.4 Å². The number of carbonyl (C=O) groups is 3. The van der Waals surface area contributed by atoms with Gasteiger partial charge in [0.15, 0.2) is 0 Å². The fourth-order valence-electron chi connectivity index (χ4n) is 3.30. The number of likely N-dealkylation sites (tertiary alicyclic amines) is 1. The van der Waals surface area contributed by atoms with Gasteiger partial charge in [-0.2, -0.15) is 5.10 Å². The monoisotopic (exact) mass is 481 g/mol. The Balaban J connectivity index is 1.73. The van der Waals surface area contributed by atoms with E-state index in [2.05, 4.69) is 20.8 Å². The van der Waals surface area contributed by atoms with Gasteiger partial charge in [0.05, 0.1) is 27.5 Å². The standard InChI is InChI=1S/C21H25Cl2N5O4/c1-21(2,3)32-20(31)28-10-5-4-9-15(28)26-19(30)17-14(11-24-27-17)25-18(29)16-12(22)7-6-8-13(16)23/h6-8,11,15H,4-5,9-10H2,1-3H3,(H,24,27)(H,25,29)(H,26,30). The van der Waals surface area contributed by atoms with Gasteiger partial charge in [0, 0.05) is 6.54 Å². The van der Waals surface area contributed by atoms with Gasteiger partial charge in [0.2, 0.25) is 0 Å². The third-order valence-electron chi connectivity index (χ3n) is 4.73. The number of aromatic amines is 1.